The lowest BCUT2D eigenvalue weighted by atomic mass is 9.81. The molecule has 5 rings (SSSR count). The first kappa shape index (κ1) is 20.0. The Balaban J connectivity index is 1.58. The van der Waals surface area contributed by atoms with Crippen LogP contribution in [-0.4, -0.2) is 36.3 Å². The Kier molecular flexibility index (Phi) is 4.74. The van der Waals surface area contributed by atoms with E-state index in [1.807, 2.05) is 10.6 Å². The van der Waals surface area contributed by atoms with Gasteiger partial charge in [0.2, 0.25) is 11.9 Å². The van der Waals surface area contributed by atoms with Gasteiger partial charge >= 0.3 is 0 Å². The largest absolute Gasteiger partial charge is 0.324 e. The molecule has 1 saturated carbocycles. The number of rotatable bonds is 3. The molecular formula is C20H20F2N6O2S. The van der Waals surface area contributed by atoms with Gasteiger partial charge in [-0.25, -0.2) is 18.6 Å². The van der Waals surface area contributed by atoms with Crippen LogP contribution in [-0.2, 0) is 16.6 Å². The normalized spacial score (nSPS) is 18.7. The van der Waals surface area contributed by atoms with Crippen molar-refractivity contribution in [1.82, 2.24) is 14.5 Å². The first-order valence-corrected chi connectivity index (χ1v) is 11.0. The number of benzene rings is 1. The van der Waals surface area contributed by atoms with Crippen molar-refractivity contribution in [2.45, 2.75) is 42.5 Å². The average Bonchev–Trinajstić information content (AvgIpc) is 3.13. The fourth-order valence-electron chi connectivity index (χ4n) is 4.48. The van der Waals surface area contributed by atoms with E-state index in [1.165, 1.54) is 17.1 Å². The van der Waals surface area contributed by atoms with E-state index in [0.29, 0.717) is 24.2 Å². The van der Waals surface area contributed by atoms with E-state index in [4.69, 9.17) is 4.55 Å². The van der Waals surface area contributed by atoms with Crippen LogP contribution in [0.3, 0.4) is 0 Å². The van der Waals surface area contributed by atoms with Gasteiger partial charge in [0.25, 0.3) is 0 Å². The molecule has 2 aromatic heterocycles. The van der Waals surface area contributed by atoms with Crippen molar-refractivity contribution in [3.8, 4) is 0 Å². The van der Waals surface area contributed by atoms with Crippen LogP contribution in [0.4, 0.5) is 26.2 Å². The number of fused-ring (bicyclic) bond motifs is 4. The summed E-state index contributed by atoms with van der Waals surface area (Å²) in [5.74, 6) is -0.275. The highest BCUT2D eigenvalue weighted by atomic mass is 32.2. The van der Waals surface area contributed by atoms with Crippen LogP contribution in [0.2, 0.25) is 0 Å². The number of nitrogens with zero attached hydrogens (tertiary/aromatic N) is 5. The quantitative estimate of drug-likeness (QED) is 0.583. The SMILES string of the molecule is CN1N=C(F)C2(CCCCC2)n2c1cc1cnc(Nc3ccc(S(=O)O)c(F)c3)nc12. The fourth-order valence-corrected chi connectivity index (χ4v) is 4.89. The van der Waals surface area contributed by atoms with Gasteiger partial charge in [0.05, 0.1) is 0 Å². The molecule has 162 valence electrons. The summed E-state index contributed by atoms with van der Waals surface area (Å²) in [6, 6.07) is 5.68. The van der Waals surface area contributed by atoms with Crippen LogP contribution >= 0.6 is 0 Å². The van der Waals surface area contributed by atoms with Crippen molar-refractivity contribution in [3.05, 3.63) is 36.3 Å². The predicted octanol–water partition coefficient (Wildman–Crippen LogP) is 4.29. The minimum absolute atomic E-state index is 0.210. The third-order valence-corrected chi connectivity index (χ3v) is 6.67. The highest BCUT2D eigenvalue weighted by Crippen LogP contribution is 2.45. The Labute approximate surface area is 179 Å². The van der Waals surface area contributed by atoms with Gasteiger partial charge in [0.1, 0.15) is 27.7 Å². The van der Waals surface area contributed by atoms with Crippen molar-refractivity contribution in [1.29, 1.82) is 0 Å². The van der Waals surface area contributed by atoms with Crippen LogP contribution < -0.4 is 10.3 Å². The molecule has 31 heavy (non-hydrogen) atoms. The first-order valence-electron chi connectivity index (χ1n) is 9.94. The molecule has 0 amide bonds. The van der Waals surface area contributed by atoms with E-state index >= 15 is 4.39 Å². The summed E-state index contributed by atoms with van der Waals surface area (Å²) in [5, 5.41) is 9.31. The van der Waals surface area contributed by atoms with E-state index in [9.17, 15) is 8.60 Å². The standard InChI is InChI=1S/C20H20F2N6O2S/c1-27-16-9-12-11-23-19(24-13-5-6-15(31(29)30)14(21)10-13)25-17(12)28(16)20(18(22)26-27)7-3-2-4-8-20/h5-6,9-11H,2-4,7-8H2,1H3,(H,29,30)(H,23,24,25). The van der Waals surface area contributed by atoms with Gasteiger partial charge in [-0.15, -0.1) is 5.10 Å². The number of hydrazone groups is 1. The van der Waals surface area contributed by atoms with Crippen LogP contribution in [0.15, 0.2) is 40.5 Å². The molecule has 2 aliphatic rings. The number of halogens is 2. The van der Waals surface area contributed by atoms with E-state index < -0.39 is 28.4 Å². The fraction of sp³-hybridized carbons (Fsp3) is 0.350. The van der Waals surface area contributed by atoms with Gasteiger partial charge < -0.3 is 9.87 Å². The van der Waals surface area contributed by atoms with Crippen molar-refractivity contribution in [3.63, 3.8) is 0 Å². The van der Waals surface area contributed by atoms with Crippen molar-refractivity contribution < 1.29 is 17.5 Å². The van der Waals surface area contributed by atoms with Gasteiger partial charge in [0.15, 0.2) is 11.1 Å². The van der Waals surface area contributed by atoms with E-state index in [-0.39, 0.29) is 10.8 Å². The summed E-state index contributed by atoms with van der Waals surface area (Å²) < 4.78 is 51.4. The molecule has 11 heteroatoms. The molecule has 1 aromatic carbocycles. The Morgan fingerprint density at radius 3 is 2.68 bits per heavy atom. The number of hydrogen-bond donors (Lipinski definition) is 2. The zero-order chi connectivity index (χ0) is 21.8. The molecule has 8 nitrogen and oxygen atoms in total. The van der Waals surface area contributed by atoms with Crippen LogP contribution in [0.25, 0.3) is 11.0 Å². The molecule has 1 unspecified atom stereocenters. The molecule has 3 aromatic rings. The third-order valence-electron chi connectivity index (χ3n) is 5.96. The maximum absolute atomic E-state index is 15.2. The molecule has 1 spiro atoms. The molecule has 1 atom stereocenters. The van der Waals surface area contributed by atoms with E-state index in [0.717, 1.165) is 36.5 Å². The Hall–Kier alpha value is -2.92. The van der Waals surface area contributed by atoms with Gasteiger partial charge in [-0.1, -0.05) is 19.3 Å². The Bertz CT molecular complexity index is 1240. The molecule has 0 radical (unpaired) electrons. The van der Waals surface area contributed by atoms with Gasteiger partial charge in [-0.2, -0.15) is 9.37 Å². The second-order valence-corrected chi connectivity index (χ2v) is 8.77. The van der Waals surface area contributed by atoms with Gasteiger partial charge in [-0.05, 0) is 37.1 Å². The maximum Gasteiger partial charge on any atom is 0.233 e. The molecule has 1 aliphatic heterocycles. The second-order valence-electron chi connectivity index (χ2n) is 7.84. The van der Waals surface area contributed by atoms with Crippen LogP contribution in [0, 0.1) is 5.82 Å². The first-order chi connectivity index (χ1) is 14.9. The number of aromatic nitrogens is 3. The molecular weight excluding hydrogens is 426 g/mol. The van der Waals surface area contributed by atoms with Gasteiger partial charge in [0, 0.05) is 24.3 Å². The third kappa shape index (κ3) is 3.19. The summed E-state index contributed by atoms with van der Waals surface area (Å²) in [5.41, 5.74) is 0.0421. The zero-order valence-corrected chi connectivity index (χ0v) is 17.5. The smallest absolute Gasteiger partial charge is 0.233 e. The maximum atomic E-state index is 15.2. The molecule has 0 bridgehead atoms. The van der Waals surface area contributed by atoms with E-state index in [2.05, 4.69) is 20.4 Å². The lowest BCUT2D eigenvalue weighted by molar-refractivity contribution is 0.263. The van der Waals surface area contributed by atoms with E-state index in [1.54, 1.807) is 13.2 Å². The van der Waals surface area contributed by atoms with Crippen LogP contribution in [0.1, 0.15) is 32.1 Å². The summed E-state index contributed by atoms with van der Waals surface area (Å²) in [6.07, 6.45) is 5.78. The minimum atomic E-state index is -2.41. The zero-order valence-electron chi connectivity index (χ0n) is 16.7. The number of anilines is 3. The topological polar surface area (TPSA) is 95.6 Å². The average molecular weight is 446 g/mol. The highest BCUT2D eigenvalue weighted by molar-refractivity contribution is 7.79. The molecule has 3 heterocycles. The number of nitrogens with one attached hydrogen (secondary N) is 1. The molecule has 0 saturated heterocycles. The summed E-state index contributed by atoms with van der Waals surface area (Å²) in [6.45, 7) is 0. The lowest BCUT2D eigenvalue weighted by Crippen LogP contribution is -2.46. The van der Waals surface area contributed by atoms with Crippen molar-refractivity contribution in [2.75, 3.05) is 17.4 Å². The van der Waals surface area contributed by atoms with Crippen molar-refractivity contribution >= 4 is 45.5 Å². The molecule has 2 N–H and O–H groups in total. The minimum Gasteiger partial charge on any atom is -0.324 e. The number of hydrogen-bond acceptors (Lipinski definition) is 6. The highest BCUT2D eigenvalue weighted by Gasteiger charge is 2.45. The monoisotopic (exact) mass is 446 g/mol. The molecule has 1 fully saturated rings. The summed E-state index contributed by atoms with van der Waals surface area (Å²) in [4.78, 5) is 8.60. The Morgan fingerprint density at radius 2 is 1.97 bits per heavy atom. The van der Waals surface area contributed by atoms with Crippen molar-refractivity contribution in [2.24, 2.45) is 5.10 Å². The summed E-state index contributed by atoms with van der Waals surface area (Å²) in [7, 11) is 1.70. The lowest BCUT2D eigenvalue weighted by Gasteiger charge is -2.41. The Morgan fingerprint density at radius 1 is 1.19 bits per heavy atom. The van der Waals surface area contributed by atoms with Gasteiger partial charge in [-0.3, -0.25) is 4.57 Å². The summed E-state index contributed by atoms with van der Waals surface area (Å²) >= 11 is -2.41. The predicted molar refractivity (Wildman–Crippen MR) is 114 cm³/mol. The van der Waals surface area contributed by atoms with Crippen LogP contribution in [0.5, 0.6) is 0 Å². The molecule has 1 aliphatic carbocycles. The second kappa shape index (κ2) is 7.34.